The average Bonchev–Trinajstić information content (AvgIpc) is 2.57. The number of carbonyl (C=O) groups excluding carboxylic acids is 1. The maximum atomic E-state index is 9.94. The lowest BCUT2D eigenvalue weighted by molar-refractivity contribution is 0.563. The van der Waals surface area contributed by atoms with Crippen LogP contribution >= 0.6 is 0 Å². The Balaban J connectivity index is 2.46. The number of isocyanates is 1. The molecule has 0 atom stereocenters. The van der Waals surface area contributed by atoms with Gasteiger partial charge in [-0.2, -0.15) is 5.10 Å². The fourth-order valence-corrected chi connectivity index (χ4v) is 1.44. The lowest BCUT2D eigenvalue weighted by Gasteiger charge is -1.96. The third kappa shape index (κ3) is 1.43. The number of aliphatic imine (C=N–C) groups is 1. The molecule has 1 aromatic carbocycles. The highest BCUT2D eigenvalue weighted by Gasteiger charge is 1.99. The fourth-order valence-electron chi connectivity index (χ4n) is 1.44. The molecular weight excluding hydrogens is 178 g/mol. The molecule has 0 saturated carbocycles. The van der Waals surface area contributed by atoms with Gasteiger partial charge in [-0.1, -0.05) is 6.07 Å². The van der Waals surface area contributed by atoms with E-state index in [4.69, 9.17) is 0 Å². The first-order valence-electron chi connectivity index (χ1n) is 4.25. The molecule has 0 fully saturated rings. The Morgan fingerprint density at radius 2 is 2.43 bits per heavy atom. The molecule has 0 aliphatic heterocycles. The molecule has 2 rings (SSSR count). The van der Waals surface area contributed by atoms with Gasteiger partial charge < -0.3 is 0 Å². The molecule has 70 valence electrons. The van der Waals surface area contributed by atoms with Gasteiger partial charge in [-0.05, 0) is 17.7 Å². The summed E-state index contributed by atoms with van der Waals surface area (Å²) >= 11 is 0. The third-order valence-electron chi connectivity index (χ3n) is 2.14. The molecule has 1 aromatic heterocycles. The highest BCUT2D eigenvalue weighted by atomic mass is 16.1. The number of hydrogen-bond donors (Lipinski definition) is 0. The predicted octanol–water partition coefficient (Wildman–Crippen LogP) is 1.41. The van der Waals surface area contributed by atoms with Gasteiger partial charge in [0.25, 0.3) is 0 Å². The molecular formula is C10H9N3O. The first-order chi connectivity index (χ1) is 6.81. The Morgan fingerprint density at radius 3 is 3.21 bits per heavy atom. The molecule has 2 aromatic rings. The van der Waals surface area contributed by atoms with Crippen molar-refractivity contribution in [2.24, 2.45) is 12.0 Å². The highest BCUT2D eigenvalue weighted by molar-refractivity contribution is 5.79. The van der Waals surface area contributed by atoms with Crippen molar-refractivity contribution < 1.29 is 4.79 Å². The van der Waals surface area contributed by atoms with Crippen LogP contribution in [0.4, 0.5) is 0 Å². The minimum Gasteiger partial charge on any atom is -0.268 e. The van der Waals surface area contributed by atoms with Crippen molar-refractivity contribution in [2.45, 2.75) is 6.54 Å². The monoisotopic (exact) mass is 187 g/mol. The topological polar surface area (TPSA) is 47.2 Å². The van der Waals surface area contributed by atoms with E-state index >= 15 is 0 Å². The summed E-state index contributed by atoms with van der Waals surface area (Å²) in [5, 5.41) is 5.19. The second kappa shape index (κ2) is 3.44. The molecule has 0 radical (unpaired) electrons. The maximum absolute atomic E-state index is 9.94. The van der Waals surface area contributed by atoms with Crippen LogP contribution in [0.1, 0.15) is 5.56 Å². The zero-order valence-corrected chi connectivity index (χ0v) is 7.77. The molecule has 0 N–H and O–H groups in total. The van der Waals surface area contributed by atoms with Crippen molar-refractivity contribution in [3.05, 3.63) is 30.0 Å². The summed E-state index contributed by atoms with van der Waals surface area (Å²) in [6, 6.07) is 5.88. The van der Waals surface area contributed by atoms with Crippen LogP contribution in [0, 0.1) is 0 Å². The molecule has 4 nitrogen and oxygen atoms in total. The number of fused-ring (bicyclic) bond motifs is 1. The van der Waals surface area contributed by atoms with Crippen molar-refractivity contribution in [2.75, 3.05) is 0 Å². The molecule has 0 amide bonds. The Kier molecular flexibility index (Phi) is 2.13. The van der Waals surface area contributed by atoms with Crippen molar-refractivity contribution in [3.63, 3.8) is 0 Å². The summed E-state index contributed by atoms with van der Waals surface area (Å²) in [5.74, 6) is 0. The van der Waals surface area contributed by atoms with Crippen molar-refractivity contribution in [1.82, 2.24) is 9.78 Å². The van der Waals surface area contributed by atoms with Gasteiger partial charge in [0.2, 0.25) is 6.08 Å². The van der Waals surface area contributed by atoms with E-state index in [1.807, 2.05) is 29.9 Å². The van der Waals surface area contributed by atoms with Crippen LogP contribution in [0.5, 0.6) is 0 Å². The first kappa shape index (κ1) is 8.66. The largest absolute Gasteiger partial charge is 0.268 e. The molecule has 0 saturated heterocycles. The number of aromatic nitrogens is 2. The van der Waals surface area contributed by atoms with Crippen LogP contribution in [0.2, 0.25) is 0 Å². The van der Waals surface area contributed by atoms with E-state index in [0.29, 0.717) is 6.54 Å². The Morgan fingerprint density at radius 1 is 1.57 bits per heavy atom. The molecule has 0 bridgehead atoms. The van der Waals surface area contributed by atoms with Crippen molar-refractivity contribution in [1.29, 1.82) is 0 Å². The Bertz CT molecular complexity index is 509. The molecule has 4 heteroatoms. The van der Waals surface area contributed by atoms with Crippen LogP contribution in [0.3, 0.4) is 0 Å². The lowest BCUT2D eigenvalue weighted by atomic mass is 10.1. The van der Waals surface area contributed by atoms with Gasteiger partial charge in [0, 0.05) is 12.4 Å². The third-order valence-corrected chi connectivity index (χ3v) is 2.14. The van der Waals surface area contributed by atoms with Crippen LogP contribution < -0.4 is 0 Å². The summed E-state index contributed by atoms with van der Waals surface area (Å²) in [5.41, 5.74) is 2.07. The Hall–Kier alpha value is -1.93. The number of hydrogen-bond acceptors (Lipinski definition) is 3. The Labute approximate surface area is 80.9 Å². The second-order valence-corrected chi connectivity index (χ2v) is 3.07. The van der Waals surface area contributed by atoms with Gasteiger partial charge in [0.05, 0.1) is 18.3 Å². The fraction of sp³-hybridized carbons (Fsp3) is 0.200. The van der Waals surface area contributed by atoms with E-state index < -0.39 is 0 Å². The van der Waals surface area contributed by atoms with Crippen LogP contribution in [-0.4, -0.2) is 15.9 Å². The highest BCUT2D eigenvalue weighted by Crippen LogP contribution is 2.15. The number of aryl methyl sites for hydroxylation is 1. The van der Waals surface area contributed by atoms with Gasteiger partial charge in [0.1, 0.15) is 0 Å². The summed E-state index contributed by atoms with van der Waals surface area (Å²) in [6.07, 6.45) is 3.32. The van der Waals surface area contributed by atoms with Gasteiger partial charge >= 0.3 is 0 Å². The van der Waals surface area contributed by atoms with Gasteiger partial charge in [-0.15, -0.1) is 0 Å². The van der Waals surface area contributed by atoms with Gasteiger partial charge in [0.15, 0.2) is 0 Å². The average molecular weight is 187 g/mol. The van der Waals surface area contributed by atoms with E-state index in [2.05, 4.69) is 10.1 Å². The summed E-state index contributed by atoms with van der Waals surface area (Å²) in [7, 11) is 1.89. The molecule has 0 unspecified atom stereocenters. The predicted molar refractivity (Wildman–Crippen MR) is 52.5 cm³/mol. The molecule has 0 spiro atoms. The van der Waals surface area contributed by atoms with E-state index in [1.165, 1.54) is 6.08 Å². The van der Waals surface area contributed by atoms with Crippen LogP contribution in [0.15, 0.2) is 29.4 Å². The SMILES string of the molecule is Cn1ncc2cc(CN=C=O)ccc21. The van der Waals surface area contributed by atoms with Crippen molar-refractivity contribution in [3.8, 4) is 0 Å². The second-order valence-electron chi connectivity index (χ2n) is 3.07. The number of benzene rings is 1. The summed E-state index contributed by atoms with van der Waals surface area (Å²) < 4.78 is 1.81. The van der Waals surface area contributed by atoms with E-state index in [1.54, 1.807) is 6.20 Å². The molecule has 14 heavy (non-hydrogen) atoms. The maximum Gasteiger partial charge on any atom is 0.235 e. The van der Waals surface area contributed by atoms with E-state index in [0.717, 1.165) is 16.5 Å². The molecule has 1 heterocycles. The van der Waals surface area contributed by atoms with Gasteiger partial charge in [-0.25, -0.2) is 9.79 Å². The molecule has 0 aliphatic carbocycles. The number of nitrogens with zero attached hydrogens (tertiary/aromatic N) is 3. The van der Waals surface area contributed by atoms with Crippen LogP contribution in [0.25, 0.3) is 10.9 Å². The number of rotatable bonds is 2. The normalized spacial score (nSPS) is 10.1. The first-order valence-corrected chi connectivity index (χ1v) is 4.25. The molecule has 0 aliphatic rings. The van der Waals surface area contributed by atoms with Gasteiger partial charge in [-0.3, -0.25) is 4.68 Å². The van der Waals surface area contributed by atoms with E-state index in [9.17, 15) is 4.79 Å². The van der Waals surface area contributed by atoms with Crippen molar-refractivity contribution >= 4 is 17.0 Å². The summed E-state index contributed by atoms with van der Waals surface area (Å²) in [4.78, 5) is 13.5. The van der Waals surface area contributed by atoms with Crippen LogP contribution in [-0.2, 0) is 18.4 Å². The summed E-state index contributed by atoms with van der Waals surface area (Å²) in [6.45, 7) is 0.383. The smallest absolute Gasteiger partial charge is 0.235 e. The minimum atomic E-state index is 0.383. The zero-order valence-electron chi connectivity index (χ0n) is 7.77. The van der Waals surface area contributed by atoms with E-state index in [-0.39, 0.29) is 0 Å². The quantitative estimate of drug-likeness (QED) is 0.527. The lowest BCUT2D eigenvalue weighted by Crippen LogP contribution is -1.88. The minimum absolute atomic E-state index is 0.383. The zero-order chi connectivity index (χ0) is 9.97. The standard InChI is InChI=1S/C10H9N3O/c1-13-10-3-2-8(5-11-7-14)4-9(10)6-12-13/h2-4,6H,5H2,1H3.